The Balaban J connectivity index is 2.14. The van der Waals surface area contributed by atoms with E-state index >= 15 is 0 Å². The summed E-state index contributed by atoms with van der Waals surface area (Å²) in [6.45, 7) is 3.73. The molecule has 1 fully saturated rings. The summed E-state index contributed by atoms with van der Waals surface area (Å²) in [6, 6.07) is 0. The molecular weight excluding hydrogens is 209 g/mol. The van der Waals surface area contributed by atoms with Crippen molar-refractivity contribution in [2.24, 2.45) is 0 Å². The normalized spacial score (nSPS) is 27.5. The Bertz CT molecular complexity index is 197. The molecule has 4 heteroatoms. The van der Waals surface area contributed by atoms with Crippen molar-refractivity contribution in [1.82, 2.24) is 5.09 Å². The van der Waals surface area contributed by atoms with E-state index in [-0.39, 0.29) is 0 Å². The second-order valence-corrected chi connectivity index (χ2v) is 6.63. The van der Waals surface area contributed by atoms with Gasteiger partial charge in [0.25, 0.3) is 7.52 Å². The Morgan fingerprint density at radius 3 is 2.80 bits per heavy atom. The summed E-state index contributed by atoms with van der Waals surface area (Å²) in [5, 5.41) is 3.08. The molecule has 0 aliphatic carbocycles. The molecule has 1 unspecified atom stereocenters. The SMILES string of the molecule is CCCCCCCP1(=O)NCCCCO1. The molecule has 90 valence electrons. The first-order valence-electron chi connectivity index (χ1n) is 6.25. The number of hydrogen-bond acceptors (Lipinski definition) is 2. The number of nitrogens with one attached hydrogen (secondary N) is 1. The van der Waals surface area contributed by atoms with Gasteiger partial charge in [0.05, 0.1) is 6.61 Å². The first kappa shape index (κ1) is 13.2. The first-order valence-corrected chi connectivity index (χ1v) is 8.06. The second kappa shape index (κ2) is 7.43. The second-order valence-electron chi connectivity index (χ2n) is 4.26. The van der Waals surface area contributed by atoms with E-state index in [0.717, 1.165) is 32.0 Å². The summed E-state index contributed by atoms with van der Waals surface area (Å²) < 4.78 is 17.6. The van der Waals surface area contributed by atoms with Crippen LogP contribution >= 0.6 is 7.52 Å². The molecule has 1 heterocycles. The van der Waals surface area contributed by atoms with E-state index in [4.69, 9.17) is 4.52 Å². The van der Waals surface area contributed by atoms with E-state index in [9.17, 15) is 4.57 Å². The van der Waals surface area contributed by atoms with Crippen molar-refractivity contribution in [2.75, 3.05) is 19.3 Å². The van der Waals surface area contributed by atoms with Crippen LogP contribution in [0, 0.1) is 0 Å². The van der Waals surface area contributed by atoms with E-state index in [1.54, 1.807) is 0 Å². The van der Waals surface area contributed by atoms with Gasteiger partial charge in [0.1, 0.15) is 0 Å². The van der Waals surface area contributed by atoms with E-state index in [1.165, 1.54) is 25.7 Å². The van der Waals surface area contributed by atoms with Gasteiger partial charge < -0.3 is 4.52 Å². The average Bonchev–Trinajstić information content (AvgIpc) is 2.43. The lowest BCUT2D eigenvalue weighted by Gasteiger charge is -2.16. The van der Waals surface area contributed by atoms with Crippen molar-refractivity contribution in [1.29, 1.82) is 0 Å². The zero-order valence-corrected chi connectivity index (χ0v) is 10.7. The van der Waals surface area contributed by atoms with E-state index in [2.05, 4.69) is 12.0 Å². The Kier molecular flexibility index (Phi) is 6.54. The molecule has 0 bridgehead atoms. The molecule has 1 aliphatic rings. The molecule has 0 saturated carbocycles. The van der Waals surface area contributed by atoms with Crippen LogP contribution in [-0.2, 0) is 9.09 Å². The third-order valence-corrected chi connectivity index (χ3v) is 4.99. The van der Waals surface area contributed by atoms with Gasteiger partial charge in [0.15, 0.2) is 0 Å². The fourth-order valence-corrected chi connectivity index (χ4v) is 3.74. The fraction of sp³-hybridized carbons (Fsp3) is 1.00. The Morgan fingerprint density at radius 2 is 2.00 bits per heavy atom. The lowest BCUT2D eigenvalue weighted by atomic mass is 10.2. The van der Waals surface area contributed by atoms with Crippen LogP contribution in [0.4, 0.5) is 0 Å². The maximum Gasteiger partial charge on any atom is 0.269 e. The van der Waals surface area contributed by atoms with Gasteiger partial charge in [-0.3, -0.25) is 4.57 Å². The van der Waals surface area contributed by atoms with Crippen LogP contribution in [0.15, 0.2) is 0 Å². The predicted octanol–water partition coefficient (Wildman–Crippen LogP) is 3.55. The molecule has 1 aliphatic heterocycles. The van der Waals surface area contributed by atoms with Crippen molar-refractivity contribution < 1.29 is 9.09 Å². The summed E-state index contributed by atoms with van der Waals surface area (Å²) in [4.78, 5) is 0. The molecule has 1 N–H and O–H groups in total. The minimum Gasteiger partial charge on any atom is -0.318 e. The number of hydrogen-bond donors (Lipinski definition) is 1. The fourth-order valence-electron chi connectivity index (χ4n) is 1.80. The van der Waals surface area contributed by atoms with Gasteiger partial charge in [-0.1, -0.05) is 32.6 Å². The number of rotatable bonds is 6. The molecule has 0 spiro atoms. The molecule has 15 heavy (non-hydrogen) atoms. The Morgan fingerprint density at radius 1 is 1.20 bits per heavy atom. The zero-order valence-electron chi connectivity index (χ0n) is 9.83. The zero-order chi connectivity index (χ0) is 11.0. The minimum absolute atomic E-state index is 0.666. The van der Waals surface area contributed by atoms with Crippen LogP contribution in [0.3, 0.4) is 0 Å². The van der Waals surface area contributed by atoms with Crippen molar-refractivity contribution in [3.8, 4) is 0 Å². The van der Waals surface area contributed by atoms with Gasteiger partial charge in [-0.05, 0) is 19.3 Å². The third kappa shape index (κ3) is 5.70. The molecule has 0 aromatic rings. The van der Waals surface area contributed by atoms with Gasteiger partial charge in [0.2, 0.25) is 0 Å². The molecule has 0 amide bonds. The van der Waals surface area contributed by atoms with Crippen LogP contribution in [0.1, 0.15) is 51.9 Å². The quantitative estimate of drug-likeness (QED) is 0.563. The Labute approximate surface area is 93.5 Å². The lowest BCUT2D eigenvalue weighted by molar-refractivity contribution is 0.311. The van der Waals surface area contributed by atoms with Gasteiger partial charge in [-0.25, -0.2) is 5.09 Å². The van der Waals surface area contributed by atoms with Crippen molar-refractivity contribution in [2.45, 2.75) is 51.9 Å². The van der Waals surface area contributed by atoms with E-state index in [1.807, 2.05) is 0 Å². The van der Waals surface area contributed by atoms with E-state index in [0.29, 0.717) is 6.61 Å². The van der Waals surface area contributed by atoms with Gasteiger partial charge in [0, 0.05) is 12.7 Å². The standard InChI is InChI=1S/C11H24NO2P/c1-2-3-4-5-8-11-15(13)12-9-6-7-10-14-15/h2-11H2,1H3,(H,12,13). The Hall–Kier alpha value is 0.150. The van der Waals surface area contributed by atoms with Crippen LogP contribution in [0.2, 0.25) is 0 Å². The largest absolute Gasteiger partial charge is 0.318 e. The minimum atomic E-state index is -2.46. The summed E-state index contributed by atoms with van der Waals surface area (Å²) in [5.74, 6) is 0. The van der Waals surface area contributed by atoms with Crippen LogP contribution < -0.4 is 5.09 Å². The van der Waals surface area contributed by atoms with Crippen LogP contribution in [0.5, 0.6) is 0 Å². The highest BCUT2D eigenvalue weighted by atomic mass is 31.2. The molecule has 1 atom stereocenters. The summed E-state index contributed by atoms with van der Waals surface area (Å²) in [5.41, 5.74) is 0. The molecule has 0 aromatic heterocycles. The maximum absolute atomic E-state index is 12.2. The molecule has 1 rings (SSSR count). The third-order valence-electron chi connectivity index (χ3n) is 2.78. The first-order chi connectivity index (χ1) is 7.27. The monoisotopic (exact) mass is 233 g/mol. The average molecular weight is 233 g/mol. The maximum atomic E-state index is 12.2. The van der Waals surface area contributed by atoms with Crippen LogP contribution in [0.25, 0.3) is 0 Å². The summed E-state index contributed by atoms with van der Waals surface area (Å²) >= 11 is 0. The molecule has 3 nitrogen and oxygen atoms in total. The van der Waals surface area contributed by atoms with Crippen molar-refractivity contribution >= 4 is 7.52 Å². The van der Waals surface area contributed by atoms with Gasteiger partial charge in [-0.2, -0.15) is 0 Å². The van der Waals surface area contributed by atoms with Gasteiger partial charge >= 0.3 is 0 Å². The number of unbranched alkanes of at least 4 members (excludes halogenated alkanes) is 4. The highest BCUT2D eigenvalue weighted by Crippen LogP contribution is 2.44. The van der Waals surface area contributed by atoms with Crippen LogP contribution in [-0.4, -0.2) is 19.3 Å². The highest BCUT2D eigenvalue weighted by molar-refractivity contribution is 7.56. The smallest absolute Gasteiger partial charge is 0.269 e. The summed E-state index contributed by atoms with van der Waals surface area (Å²) in [7, 11) is -2.46. The van der Waals surface area contributed by atoms with E-state index < -0.39 is 7.52 Å². The van der Waals surface area contributed by atoms with Gasteiger partial charge in [-0.15, -0.1) is 0 Å². The molecule has 0 radical (unpaired) electrons. The lowest BCUT2D eigenvalue weighted by Crippen LogP contribution is -2.13. The molecular formula is C11H24NO2P. The predicted molar refractivity (Wildman–Crippen MR) is 64.4 cm³/mol. The highest BCUT2D eigenvalue weighted by Gasteiger charge is 2.23. The topological polar surface area (TPSA) is 38.3 Å². The summed E-state index contributed by atoms with van der Waals surface area (Å²) in [6.07, 6.45) is 8.86. The molecule has 0 aromatic carbocycles. The van der Waals surface area contributed by atoms with Crippen molar-refractivity contribution in [3.05, 3.63) is 0 Å². The van der Waals surface area contributed by atoms with Crippen molar-refractivity contribution in [3.63, 3.8) is 0 Å². The molecule has 1 saturated heterocycles.